The summed E-state index contributed by atoms with van der Waals surface area (Å²) in [6.07, 6.45) is 0.900. The van der Waals surface area contributed by atoms with E-state index in [0.717, 1.165) is 51.0 Å². The Hall–Kier alpha value is -6.58. The van der Waals surface area contributed by atoms with Crippen LogP contribution in [0.15, 0.2) is 184 Å². The number of rotatable bonds is 4. The lowest BCUT2D eigenvalue weighted by molar-refractivity contribution is 0.594. The summed E-state index contributed by atoms with van der Waals surface area (Å²) >= 11 is 0. The van der Waals surface area contributed by atoms with E-state index in [1.54, 1.807) is 0 Å². The molecule has 256 valence electrons. The Morgan fingerprint density at radius 2 is 1.22 bits per heavy atom. The van der Waals surface area contributed by atoms with Gasteiger partial charge < -0.3 is 4.42 Å². The molecule has 0 saturated heterocycles. The molecule has 2 unspecified atom stereocenters. The normalized spacial score (nSPS) is 18.1. The summed E-state index contributed by atoms with van der Waals surface area (Å²) in [6.45, 7) is 2.28. The monoisotopic (exact) mass is 692 g/mol. The maximum atomic E-state index is 6.97. The first-order valence-electron chi connectivity index (χ1n) is 18.9. The van der Waals surface area contributed by atoms with Crippen LogP contribution in [0.25, 0.3) is 54.6 Å². The molecule has 3 nitrogen and oxygen atoms in total. The van der Waals surface area contributed by atoms with Gasteiger partial charge in [-0.15, -0.1) is 0 Å². The molecule has 11 rings (SSSR count). The van der Waals surface area contributed by atoms with Gasteiger partial charge in [-0.2, -0.15) is 0 Å². The number of hydrogen-bond acceptors (Lipinski definition) is 3. The number of nitrogens with zero attached hydrogens (tertiary/aromatic N) is 2. The Labute approximate surface area is 314 Å². The summed E-state index contributed by atoms with van der Waals surface area (Å²) in [7, 11) is 0. The van der Waals surface area contributed by atoms with Crippen LogP contribution in [0.2, 0.25) is 0 Å². The molecule has 0 fully saturated rings. The molecule has 2 heterocycles. The number of para-hydroxylation sites is 1. The molecule has 1 aliphatic carbocycles. The Balaban J connectivity index is 1.12. The Kier molecular flexibility index (Phi) is 7.03. The van der Waals surface area contributed by atoms with Crippen LogP contribution < -0.4 is 0 Å². The highest BCUT2D eigenvalue weighted by Gasteiger charge is 2.34. The van der Waals surface area contributed by atoms with E-state index in [0.29, 0.717) is 0 Å². The maximum Gasteiger partial charge on any atom is 0.155 e. The lowest BCUT2D eigenvalue weighted by Crippen LogP contribution is -2.26. The third-order valence-corrected chi connectivity index (χ3v) is 11.8. The molecule has 54 heavy (non-hydrogen) atoms. The van der Waals surface area contributed by atoms with Gasteiger partial charge >= 0.3 is 0 Å². The standard InChI is InChI=1S/C51H36N2O/c1-31-48(33-14-3-2-4-15-33)52-51(37-24-23-32-13-5-6-16-34(32)27-37)53-49(31)43-26-25-41(50-47(43)42-21-11-12-22-46(42)54-50)45-30-38-28-35-17-7-8-18-36(35)29-44(38)39-19-9-10-20-40(39)45/h2-29,31,45,49H,30H2,1H3/t31?,45-,49?/m0/s1. The lowest BCUT2D eigenvalue weighted by Gasteiger charge is -2.30. The van der Waals surface area contributed by atoms with Gasteiger partial charge in [0.2, 0.25) is 0 Å². The predicted molar refractivity (Wildman–Crippen MR) is 224 cm³/mol. The van der Waals surface area contributed by atoms with Crippen LogP contribution in [0.1, 0.15) is 52.3 Å². The van der Waals surface area contributed by atoms with Crippen molar-refractivity contribution in [3.63, 3.8) is 0 Å². The third-order valence-electron chi connectivity index (χ3n) is 11.8. The van der Waals surface area contributed by atoms with Crippen LogP contribution in [0, 0.1) is 5.92 Å². The van der Waals surface area contributed by atoms with Crippen molar-refractivity contribution in [2.24, 2.45) is 15.9 Å². The van der Waals surface area contributed by atoms with E-state index < -0.39 is 0 Å². The van der Waals surface area contributed by atoms with Crippen LogP contribution in [-0.2, 0) is 6.42 Å². The van der Waals surface area contributed by atoms with Crippen LogP contribution in [0.5, 0.6) is 0 Å². The summed E-state index contributed by atoms with van der Waals surface area (Å²) in [6, 6.07) is 61.1. The van der Waals surface area contributed by atoms with Crippen LogP contribution in [0.3, 0.4) is 0 Å². The van der Waals surface area contributed by atoms with E-state index in [4.69, 9.17) is 14.4 Å². The van der Waals surface area contributed by atoms with Crippen LogP contribution in [-0.4, -0.2) is 11.5 Å². The number of hydrogen-bond donors (Lipinski definition) is 0. The largest absolute Gasteiger partial charge is 0.456 e. The quantitative estimate of drug-likeness (QED) is 0.181. The molecule has 9 aromatic rings. The van der Waals surface area contributed by atoms with Gasteiger partial charge in [-0.25, -0.2) is 4.99 Å². The summed E-state index contributed by atoms with van der Waals surface area (Å²) < 4.78 is 6.97. The minimum Gasteiger partial charge on any atom is -0.456 e. The number of benzene rings is 8. The van der Waals surface area contributed by atoms with Crippen molar-refractivity contribution in [2.75, 3.05) is 0 Å². The molecule has 3 heteroatoms. The zero-order chi connectivity index (χ0) is 35.8. The fourth-order valence-electron chi connectivity index (χ4n) is 9.14. The zero-order valence-electron chi connectivity index (χ0n) is 29.9. The predicted octanol–water partition coefficient (Wildman–Crippen LogP) is 12.9. The zero-order valence-corrected chi connectivity index (χ0v) is 29.9. The van der Waals surface area contributed by atoms with E-state index in [2.05, 4.69) is 177 Å². The second-order valence-corrected chi connectivity index (χ2v) is 14.9. The van der Waals surface area contributed by atoms with Crippen molar-refractivity contribution >= 4 is 55.0 Å². The molecule has 0 amide bonds. The summed E-state index contributed by atoms with van der Waals surface area (Å²) in [5.74, 6) is 0.918. The van der Waals surface area contributed by atoms with Crippen molar-refractivity contribution < 1.29 is 4.42 Å². The molecule has 1 aromatic heterocycles. The molecule has 0 saturated carbocycles. The Bertz CT molecular complexity index is 3000. The summed E-state index contributed by atoms with van der Waals surface area (Å²) in [4.78, 5) is 10.9. The van der Waals surface area contributed by atoms with Crippen LogP contribution in [0.4, 0.5) is 0 Å². The topological polar surface area (TPSA) is 37.9 Å². The maximum absolute atomic E-state index is 6.97. The van der Waals surface area contributed by atoms with E-state index in [1.807, 2.05) is 0 Å². The second kappa shape index (κ2) is 12.2. The highest BCUT2D eigenvalue weighted by molar-refractivity contribution is 6.16. The molecule has 1 aliphatic heterocycles. The molecular formula is C51H36N2O. The molecular weight excluding hydrogens is 657 g/mol. The summed E-state index contributed by atoms with van der Waals surface area (Å²) in [5, 5.41) is 7.21. The Morgan fingerprint density at radius 1 is 0.537 bits per heavy atom. The van der Waals surface area contributed by atoms with Crippen molar-refractivity contribution in [2.45, 2.75) is 25.3 Å². The van der Waals surface area contributed by atoms with Gasteiger partial charge in [0.15, 0.2) is 5.84 Å². The van der Waals surface area contributed by atoms with Crippen LogP contribution >= 0.6 is 0 Å². The highest BCUT2D eigenvalue weighted by atomic mass is 16.3. The number of furan rings is 1. The number of fused-ring (bicyclic) bond motifs is 8. The van der Waals surface area contributed by atoms with E-state index in [1.165, 1.54) is 54.9 Å². The molecule has 0 bridgehead atoms. The molecule has 3 atom stereocenters. The first-order valence-corrected chi connectivity index (χ1v) is 18.9. The van der Waals surface area contributed by atoms with Gasteiger partial charge in [-0.05, 0) is 79.5 Å². The van der Waals surface area contributed by atoms with Gasteiger partial charge in [0.05, 0.1) is 11.8 Å². The second-order valence-electron chi connectivity index (χ2n) is 14.9. The van der Waals surface area contributed by atoms with Gasteiger partial charge in [-0.3, -0.25) is 4.99 Å². The fourth-order valence-corrected chi connectivity index (χ4v) is 9.14. The molecule has 2 aliphatic rings. The van der Waals surface area contributed by atoms with Crippen molar-refractivity contribution in [1.82, 2.24) is 0 Å². The molecule has 8 aromatic carbocycles. The first kappa shape index (κ1) is 31.0. The molecule has 0 radical (unpaired) electrons. The van der Waals surface area contributed by atoms with Gasteiger partial charge in [0.25, 0.3) is 0 Å². The number of aliphatic imine (C=N–C) groups is 2. The van der Waals surface area contributed by atoms with E-state index in [9.17, 15) is 0 Å². The van der Waals surface area contributed by atoms with Gasteiger partial charge in [0.1, 0.15) is 11.2 Å². The third kappa shape index (κ3) is 4.89. The van der Waals surface area contributed by atoms with Crippen molar-refractivity contribution in [3.05, 3.63) is 203 Å². The van der Waals surface area contributed by atoms with Gasteiger partial charge in [0, 0.05) is 33.7 Å². The average Bonchev–Trinajstić information content (AvgIpc) is 3.63. The first-order chi connectivity index (χ1) is 26.7. The van der Waals surface area contributed by atoms with Crippen molar-refractivity contribution in [1.29, 1.82) is 0 Å². The lowest BCUT2D eigenvalue weighted by atomic mass is 9.74. The Morgan fingerprint density at radius 3 is 2.07 bits per heavy atom. The SMILES string of the molecule is CC1C(c2ccccc2)=NC(c2ccc3ccccc3c2)=NC1c1ccc([C@H]2Cc3cc4ccccc4cc3-c3ccccc32)c2oc3ccccc3c12. The minimum atomic E-state index is -0.178. The highest BCUT2D eigenvalue weighted by Crippen LogP contribution is 2.49. The fraction of sp³-hybridized carbons (Fsp3) is 0.0980. The summed E-state index contributed by atoms with van der Waals surface area (Å²) in [5.41, 5.74) is 12.8. The van der Waals surface area contributed by atoms with Crippen molar-refractivity contribution in [3.8, 4) is 11.1 Å². The van der Waals surface area contributed by atoms with E-state index in [-0.39, 0.29) is 17.9 Å². The average molecular weight is 693 g/mol. The van der Waals surface area contributed by atoms with Gasteiger partial charge in [-0.1, -0.05) is 159 Å². The number of amidine groups is 1. The van der Waals surface area contributed by atoms with E-state index >= 15 is 0 Å². The smallest absolute Gasteiger partial charge is 0.155 e. The molecule has 0 N–H and O–H groups in total. The minimum absolute atomic E-state index is 0.0230. The molecule has 0 spiro atoms.